The van der Waals surface area contributed by atoms with Crippen LogP contribution < -0.4 is 10.2 Å². The van der Waals surface area contributed by atoms with Gasteiger partial charge in [0.1, 0.15) is 17.8 Å². The number of hydrogen-bond donors (Lipinski definition) is 2. The van der Waals surface area contributed by atoms with E-state index in [0.717, 1.165) is 15.5 Å². The van der Waals surface area contributed by atoms with E-state index in [9.17, 15) is 18.0 Å². The number of benzene rings is 1. The lowest BCUT2D eigenvalue weighted by molar-refractivity contribution is 0.0256. The zero-order chi connectivity index (χ0) is 24.7. The van der Waals surface area contributed by atoms with Crippen molar-refractivity contribution in [2.24, 2.45) is 7.05 Å². The lowest BCUT2D eigenvalue weighted by atomic mass is 10.2. The summed E-state index contributed by atoms with van der Waals surface area (Å²) in [6, 6.07) is 7.07. The first-order chi connectivity index (χ1) is 16.7. The van der Waals surface area contributed by atoms with Gasteiger partial charge >= 0.3 is 0 Å². The molecule has 1 aliphatic rings. The molecule has 182 valence electrons. The predicted molar refractivity (Wildman–Crippen MR) is 125 cm³/mol. The van der Waals surface area contributed by atoms with Crippen molar-refractivity contribution in [2.75, 3.05) is 18.0 Å². The van der Waals surface area contributed by atoms with Gasteiger partial charge in [-0.2, -0.15) is 9.49 Å². The van der Waals surface area contributed by atoms with Crippen LogP contribution in [0.1, 0.15) is 28.2 Å². The summed E-state index contributed by atoms with van der Waals surface area (Å²) in [7, 11) is 1.79. The van der Waals surface area contributed by atoms with Crippen LogP contribution in [0.4, 0.5) is 19.0 Å². The molecule has 1 saturated heterocycles. The van der Waals surface area contributed by atoms with Crippen molar-refractivity contribution in [3.63, 3.8) is 0 Å². The van der Waals surface area contributed by atoms with E-state index in [1.807, 2.05) is 13.0 Å². The van der Waals surface area contributed by atoms with Crippen molar-refractivity contribution in [3.8, 4) is 0 Å². The predicted octanol–water partition coefficient (Wildman–Crippen LogP) is 4.07. The van der Waals surface area contributed by atoms with Gasteiger partial charge in [0.25, 0.3) is 11.8 Å². The summed E-state index contributed by atoms with van der Waals surface area (Å²) in [6.45, 7) is 1.78. The SMILES string of the molecule is Cc1c(Sc2ccc3n[nH]c(F)c3c2)cc(C(=O)NCc2cncnc2N2CCC(F)(F)C2)n1C. The molecule has 0 radical (unpaired) electrons. The van der Waals surface area contributed by atoms with Gasteiger partial charge in [-0.3, -0.25) is 9.89 Å². The fraction of sp³-hybridized carbons (Fsp3) is 0.304. The highest BCUT2D eigenvalue weighted by Gasteiger charge is 2.39. The van der Waals surface area contributed by atoms with Gasteiger partial charge in [-0.25, -0.2) is 18.7 Å². The van der Waals surface area contributed by atoms with Crippen LogP contribution in [-0.4, -0.2) is 49.7 Å². The van der Waals surface area contributed by atoms with Gasteiger partial charge in [0.15, 0.2) is 0 Å². The lowest BCUT2D eigenvalue weighted by Crippen LogP contribution is -2.29. The Hall–Kier alpha value is -3.54. The molecule has 1 aromatic carbocycles. The van der Waals surface area contributed by atoms with Gasteiger partial charge in [-0.15, -0.1) is 0 Å². The average molecular weight is 502 g/mol. The van der Waals surface area contributed by atoms with Crippen molar-refractivity contribution in [3.05, 3.63) is 59.7 Å². The van der Waals surface area contributed by atoms with Crippen molar-refractivity contribution in [1.82, 2.24) is 30.0 Å². The highest BCUT2D eigenvalue weighted by Crippen LogP contribution is 2.34. The summed E-state index contributed by atoms with van der Waals surface area (Å²) in [5.41, 5.74) is 2.41. The van der Waals surface area contributed by atoms with Crippen LogP contribution in [0.15, 0.2) is 46.6 Å². The minimum atomic E-state index is -2.76. The highest BCUT2D eigenvalue weighted by atomic mass is 32.2. The highest BCUT2D eigenvalue weighted by molar-refractivity contribution is 7.99. The van der Waals surface area contributed by atoms with Gasteiger partial charge in [0.05, 0.1) is 17.4 Å². The number of halogens is 3. The number of anilines is 1. The van der Waals surface area contributed by atoms with Crippen LogP contribution in [0.25, 0.3) is 10.9 Å². The number of alkyl halides is 2. The average Bonchev–Trinajstić information content (AvgIpc) is 3.48. The summed E-state index contributed by atoms with van der Waals surface area (Å²) in [4.78, 5) is 24.3. The summed E-state index contributed by atoms with van der Waals surface area (Å²) >= 11 is 1.42. The molecular formula is C23H22F3N7OS. The third-order valence-electron chi connectivity index (χ3n) is 6.10. The van der Waals surface area contributed by atoms with E-state index in [-0.39, 0.29) is 25.4 Å². The standard InChI is InChI=1S/C23H22F3N7OS/c1-13-19(35-15-3-4-17-16(7-15)20(24)31-30-17)8-18(32(13)2)22(34)28-10-14-9-27-12-29-21(14)33-6-5-23(25,26)11-33/h3-4,7-9,12H,5-6,10-11H2,1-2H3,(H,28,34)(H,30,31). The molecule has 2 N–H and O–H groups in total. The number of nitrogens with one attached hydrogen (secondary N) is 2. The molecule has 0 atom stereocenters. The molecule has 35 heavy (non-hydrogen) atoms. The second-order valence-electron chi connectivity index (χ2n) is 8.44. The third kappa shape index (κ3) is 4.57. The maximum Gasteiger partial charge on any atom is 0.268 e. The van der Waals surface area contributed by atoms with Gasteiger partial charge in [-0.1, -0.05) is 11.8 Å². The lowest BCUT2D eigenvalue weighted by Gasteiger charge is -2.20. The molecule has 4 aromatic rings. The second kappa shape index (κ2) is 8.91. The Kier molecular flexibility index (Phi) is 5.91. The topological polar surface area (TPSA) is 91.7 Å². The number of hydrogen-bond acceptors (Lipinski definition) is 6. The van der Waals surface area contributed by atoms with Crippen LogP contribution >= 0.6 is 11.8 Å². The van der Waals surface area contributed by atoms with Gasteiger partial charge < -0.3 is 14.8 Å². The molecule has 12 heteroatoms. The number of carbonyl (C=O) groups is 1. The van der Waals surface area contributed by atoms with Crippen LogP contribution in [0.5, 0.6) is 0 Å². The molecule has 1 amide bonds. The smallest absolute Gasteiger partial charge is 0.268 e. The number of rotatable bonds is 6. The minimum Gasteiger partial charge on any atom is -0.350 e. The Morgan fingerprint density at radius 3 is 2.91 bits per heavy atom. The molecular weight excluding hydrogens is 479 g/mol. The molecule has 0 unspecified atom stereocenters. The normalized spacial score (nSPS) is 15.2. The molecule has 0 aliphatic carbocycles. The molecule has 0 spiro atoms. The Balaban J connectivity index is 1.31. The Bertz CT molecular complexity index is 1420. The van der Waals surface area contributed by atoms with E-state index < -0.39 is 18.4 Å². The summed E-state index contributed by atoms with van der Waals surface area (Å²) < 4.78 is 43.0. The Morgan fingerprint density at radius 1 is 1.31 bits per heavy atom. The van der Waals surface area contributed by atoms with Crippen LogP contribution in [0, 0.1) is 12.9 Å². The maximum atomic E-state index is 13.9. The summed E-state index contributed by atoms with van der Waals surface area (Å²) in [5, 5.41) is 9.47. The number of amides is 1. The van der Waals surface area contributed by atoms with E-state index >= 15 is 0 Å². The largest absolute Gasteiger partial charge is 0.350 e. The van der Waals surface area contributed by atoms with E-state index in [1.54, 1.807) is 29.8 Å². The molecule has 0 saturated carbocycles. The Morgan fingerprint density at radius 2 is 2.14 bits per heavy atom. The third-order valence-corrected chi connectivity index (χ3v) is 7.22. The molecule has 0 bridgehead atoms. The van der Waals surface area contributed by atoms with Gasteiger partial charge in [0, 0.05) is 53.8 Å². The molecule has 3 aromatic heterocycles. The summed E-state index contributed by atoms with van der Waals surface area (Å²) in [5.74, 6) is -3.17. The van der Waals surface area contributed by atoms with Crippen molar-refractivity contribution >= 4 is 34.4 Å². The van der Waals surface area contributed by atoms with Gasteiger partial charge in [-0.05, 0) is 31.2 Å². The van der Waals surface area contributed by atoms with Crippen molar-refractivity contribution in [2.45, 2.75) is 35.6 Å². The zero-order valence-corrected chi connectivity index (χ0v) is 19.8. The maximum absolute atomic E-state index is 13.9. The summed E-state index contributed by atoms with van der Waals surface area (Å²) in [6.07, 6.45) is 2.61. The second-order valence-corrected chi connectivity index (χ2v) is 9.55. The molecule has 8 nitrogen and oxygen atoms in total. The van der Waals surface area contributed by atoms with E-state index in [4.69, 9.17) is 0 Å². The van der Waals surface area contributed by atoms with Crippen LogP contribution in [-0.2, 0) is 13.6 Å². The minimum absolute atomic E-state index is 0.0974. The fourth-order valence-corrected chi connectivity index (χ4v) is 5.11. The number of nitrogens with zero attached hydrogens (tertiary/aromatic N) is 5. The van der Waals surface area contributed by atoms with Gasteiger partial charge in [0.2, 0.25) is 5.95 Å². The molecule has 4 heterocycles. The fourth-order valence-electron chi connectivity index (χ4n) is 4.09. The van der Waals surface area contributed by atoms with E-state index in [0.29, 0.717) is 28.0 Å². The number of H-pyrrole nitrogens is 1. The van der Waals surface area contributed by atoms with Crippen molar-refractivity contribution < 1.29 is 18.0 Å². The number of aromatic nitrogens is 5. The molecule has 5 rings (SSSR count). The number of fused-ring (bicyclic) bond motifs is 1. The van der Waals surface area contributed by atoms with Crippen LogP contribution in [0.2, 0.25) is 0 Å². The van der Waals surface area contributed by atoms with Crippen LogP contribution in [0.3, 0.4) is 0 Å². The zero-order valence-electron chi connectivity index (χ0n) is 19.0. The van der Waals surface area contributed by atoms with Crippen molar-refractivity contribution in [1.29, 1.82) is 0 Å². The monoisotopic (exact) mass is 501 g/mol. The van der Waals surface area contributed by atoms with E-state index in [2.05, 4.69) is 25.5 Å². The number of carbonyl (C=O) groups excluding carboxylic acids is 1. The van der Waals surface area contributed by atoms with E-state index in [1.165, 1.54) is 29.2 Å². The first-order valence-electron chi connectivity index (χ1n) is 10.9. The first kappa shape index (κ1) is 23.2. The quantitative estimate of drug-likeness (QED) is 0.414. The molecule has 1 fully saturated rings. The first-order valence-corrected chi connectivity index (χ1v) is 11.7. The number of aromatic amines is 1. The Labute approximate surface area is 202 Å². The molecule has 1 aliphatic heterocycles.